The van der Waals surface area contributed by atoms with Gasteiger partial charge in [0, 0.05) is 11.1 Å². The Bertz CT molecular complexity index is 2160. The van der Waals surface area contributed by atoms with E-state index in [0.717, 1.165) is 32.7 Å². The number of esters is 1. The van der Waals surface area contributed by atoms with Gasteiger partial charge in [-0.15, -0.1) is 0 Å². The summed E-state index contributed by atoms with van der Waals surface area (Å²) in [6, 6.07) is 44.0. The van der Waals surface area contributed by atoms with Crippen LogP contribution in [0, 0.1) is 0 Å². The van der Waals surface area contributed by atoms with Crippen LogP contribution in [-0.4, -0.2) is 34.1 Å². The molecule has 0 atom stereocenters. The van der Waals surface area contributed by atoms with Crippen LogP contribution in [0.1, 0.15) is 20.7 Å². The van der Waals surface area contributed by atoms with E-state index < -0.39 is 11.9 Å². The van der Waals surface area contributed by atoms with Gasteiger partial charge < -0.3 is 9.84 Å². The fourth-order valence-corrected chi connectivity index (χ4v) is 5.69. The Morgan fingerprint density at radius 2 is 1.04 bits per heavy atom. The molecule has 0 unspecified atom stereocenters. The molecule has 5 aromatic carbocycles. The van der Waals surface area contributed by atoms with Gasteiger partial charge >= 0.3 is 11.9 Å². The Kier molecular flexibility index (Phi) is 7.40. The lowest BCUT2D eigenvalue weighted by Gasteiger charge is -2.27. The zero-order valence-corrected chi connectivity index (χ0v) is 24.8. The number of pyridine rings is 2. The average Bonchev–Trinajstić information content (AvgIpc) is 3.11. The molecular formula is C39H27N3O4. The minimum absolute atomic E-state index is 0.0678. The summed E-state index contributed by atoms with van der Waals surface area (Å²) >= 11 is 0. The van der Waals surface area contributed by atoms with E-state index in [1.54, 1.807) is 23.1 Å². The molecule has 0 saturated carbocycles. The van der Waals surface area contributed by atoms with Gasteiger partial charge in [0.2, 0.25) is 0 Å². The molecule has 7 heteroatoms. The van der Waals surface area contributed by atoms with Crippen molar-refractivity contribution in [1.29, 1.82) is 0 Å². The number of carboxylic acid groups (broad SMARTS) is 1. The third kappa shape index (κ3) is 5.31. The van der Waals surface area contributed by atoms with Crippen molar-refractivity contribution < 1.29 is 19.4 Å². The number of aromatic nitrogens is 2. The van der Waals surface area contributed by atoms with Crippen LogP contribution in [0.4, 0.5) is 17.3 Å². The summed E-state index contributed by atoms with van der Waals surface area (Å²) in [7, 11) is 1.26. The zero-order valence-electron chi connectivity index (χ0n) is 24.8. The quantitative estimate of drug-likeness (QED) is 0.182. The van der Waals surface area contributed by atoms with Gasteiger partial charge in [-0.05, 0) is 70.1 Å². The van der Waals surface area contributed by atoms with Crippen LogP contribution in [0.2, 0.25) is 0 Å². The number of carbonyl (C=O) groups is 2. The second-order valence-corrected chi connectivity index (χ2v) is 10.7. The smallest absolute Gasteiger partial charge is 0.340 e. The van der Waals surface area contributed by atoms with Crippen LogP contribution in [0.3, 0.4) is 0 Å². The Hall–Kier alpha value is -6.34. The van der Waals surface area contributed by atoms with E-state index in [2.05, 4.69) is 24.3 Å². The summed E-state index contributed by atoms with van der Waals surface area (Å²) in [5.74, 6) is -1.12. The monoisotopic (exact) mass is 601 g/mol. The van der Waals surface area contributed by atoms with Crippen LogP contribution in [0.15, 0.2) is 140 Å². The number of fused-ring (bicyclic) bond motifs is 2. The highest BCUT2D eigenvalue weighted by molar-refractivity contribution is 6.06. The van der Waals surface area contributed by atoms with Crippen LogP contribution >= 0.6 is 0 Å². The number of carbonyl (C=O) groups excluding carboxylic acids is 1. The van der Waals surface area contributed by atoms with E-state index in [0.29, 0.717) is 23.0 Å². The average molecular weight is 602 g/mol. The molecule has 0 aliphatic heterocycles. The van der Waals surface area contributed by atoms with Crippen molar-refractivity contribution in [3.63, 3.8) is 0 Å². The molecule has 222 valence electrons. The summed E-state index contributed by atoms with van der Waals surface area (Å²) in [4.78, 5) is 37.4. The molecule has 1 N–H and O–H groups in total. The largest absolute Gasteiger partial charge is 0.478 e. The summed E-state index contributed by atoms with van der Waals surface area (Å²) < 4.78 is 5.10. The highest BCUT2D eigenvalue weighted by atomic mass is 16.5. The molecule has 0 aliphatic rings. The number of aromatic carboxylic acids is 1. The van der Waals surface area contributed by atoms with E-state index in [1.165, 1.54) is 19.2 Å². The highest BCUT2D eigenvalue weighted by Crippen LogP contribution is 2.39. The summed E-state index contributed by atoms with van der Waals surface area (Å²) in [5.41, 5.74) is 3.19. The first-order valence-corrected chi connectivity index (χ1v) is 14.7. The molecular weight excluding hydrogens is 574 g/mol. The molecule has 0 saturated heterocycles. The SMILES string of the molecule is COC(=O)c1cccc(C(=O)O)c1N(c1cccc(-c2ccc3ccccc3c2)n1)c1cccc(-c2ccc3ccccc3c2)n1. The number of methoxy groups -OCH3 is 1. The van der Waals surface area contributed by atoms with Crippen LogP contribution in [0.25, 0.3) is 44.1 Å². The number of benzene rings is 5. The normalized spacial score (nSPS) is 11.0. The van der Waals surface area contributed by atoms with Crippen LogP contribution in [0.5, 0.6) is 0 Å². The molecule has 0 spiro atoms. The first-order chi connectivity index (χ1) is 22.5. The molecule has 0 bridgehead atoms. The zero-order chi connectivity index (χ0) is 31.6. The summed E-state index contributed by atoms with van der Waals surface area (Å²) in [6.07, 6.45) is 0. The van der Waals surface area contributed by atoms with Gasteiger partial charge in [-0.2, -0.15) is 0 Å². The fourth-order valence-electron chi connectivity index (χ4n) is 5.69. The molecule has 0 amide bonds. The molecule has 0 aliphatic carbocycles. The Morgan fingerprint density at radius 1 is 0.565 bits per heavy atom. The van der Waals surface area contributed by atoms with Crippen molar-refractivity contribution in [2.45, 2.75) is 0 Å². The van der Waals surface area contributed by atoms with Crippen molar-refractivity contribution in [3.8, 4) is 22.5 Å². The standard InChI is InChI=1S/C39H27N3O4/c1-46-39(45)32-14-6-13-31(38(43)44)37(32)42(35-17-7-15-33(40-35)29-21-19-25-9-2-4-11-27(25)23-29)36-18-8-16-34(41-36)30-22-20-26-10-3-5-12-28(26)24-30/h2-24H,1H3,(H,43,44). The number of anilines is 3. The minimum atomic E-state index is -1.21. The molecule has 46 heavy (non-hydrogen) atoms. The molecule has 7 aromatic rings. The second-order valence-electron chi connectivity index (χ2n) is 10.7. The predicted octanol–water partition coefficient (Wildman–Crippen LogP) is 9.07. The third-order valence-electron chi connectivity index (χ3n) is 7.91. The molecule has 7 rings (SSSR count). The maximum absolute atomic E-state index is 13.1. The number of hydrogen-bond acceptors (Lipinski definition) is 6. The van der Waals surface area contributed by atoms with Gasteiger partial charge in [0.15, 0.2) is 0 Å². The lowest BCUT2D eigenvalue weighted by Crippen LogP contribution is -2.21. The number of rotatable bonds is 7. The Labute approximate surface area is 265 Å². The Morgan fingerprint density at radius 3 is 1.54 bits per heavy atom. The summed E-state index contributed by atoms with van der Waals surface area (Å²) in [6.45, 7) is 0. The minimum Gasteiger partial charge on any atom is -0.478 e. The van der Waals surface area contributed by atoms with E-state index in [4.69, 9.17) is 14.7 Å². The van der Waals surface area contributed by atoms with Crippen molar-refractivity contribution in [3.05, 3.63) is 151 Å². The molecule has 0 fully saturated rings. The van der Waals surface area contributed by atoms with Crippen LogP contribution in [-0.2, 0) is 4.74 Å². The lowest BCUT2D eigenvalue weighted by atomic mass is 10.0. The maximum Gasteiger partial charge on any atom is 0.340 e. The molecule has 7 nitrogen and oxygen atoms in total. The number of para-hydroxylation sites is 1. The molecule has 2 aromatic heterocycles. The number of nitrogens with zero attached hydrogens (tertiary/aromatic N) is 3. The Balaban J connectivity index is 1.45. The van der Waals surface area contributed by atoms with E-state index >= 15 is 0 Å². The summed E-state index contributed by atoms with van der Waals surface area (Å²) in [5, 5.41) is 14.7. The second kappa shape index (κ2) is 12.0. The lowest BCUT2D eigenvalue weighted by molar-refractivity contribution is 0.0601. The van der Waals surface area contributed by atoms with Crippen molar-refractivity contribution in [1.82, 2.24) is 9.97 Å². The number of ether oxygens (including phenoxy) is 1. The topological polar surface area (TPSA) is 92.6 Å². The van der Waals surface area contributed by atoms with Crippen molar-refractivity contribution in [2.75, 3.05) is 12.0 Å². The molecule has 2 heterocycles. The highest BCUT2D eigenvalue weighted by Gasteiger charge is 2.28. The van der Waals surface area contributed by atoms with Gasteiger partial charge in [0.05, 0.1) is 35.3 Å². The van der Waals surface area contributed by atoms with Gasteiger partial charge in [-0.1, -0.05) is 91.0 Å². The van der Waals surface area contributed by atoms with E-state index in [1.807, 2.05) is 84.9 Å². The molecule has 0 radical (unpaired) electrons. The van der Waals surface area contributed by atoms with Gasteiger partial charge in [-0.3, -0.25) is 4.90 Å². The third-order valence-corrected chi connectivity index (χ3v) is 7.91. The van der Waals surface area contributed by atoms with E-state index in [9.17, 15) is 14.7 Å². The van der Waals surface area contributed by atoms with Gasteiger partial charge in [0.1, 0.15) is 11.6 Å². The maximum atomic E-state index is 13.1. The van der Waals surface area contributed by atoms with E-state index in [-0.39, 0.29) is 16.8 Å². The first-order valence-electron chi connectivity index (χ1n) is 14.7. The van der Waals surface area contributed by atoms with Gasteiger partial charge in [0.25, 0.3) is 0 Å². The van der Waals surface area contributed by atoms with Gasteiger partial charge in [-0.25, -0.2) is 19.6 Å². The fraction of sp³-hybridized carbons (Fsp3) is 0.0256. The van der Waals surface area contributed by atoms with Crippen molar-refractivity contribution >= 4 is 50.8 Å². The number of carboxylic acids is 1. The van der Waals surface area contributed by atoms with Crippen LogP contribution < -0.4 is 4.90 Å². The number of hydrogen-bond donors (Lipinski definition) is 1. The predicted molar refractivity (Wildman–Crippen MR) is 181 cm³/mol. The first kappa shape index (κ1) is 28.4. The van der Waals surface area contributed by atoms with Crippen molar-refractivity contribution in [2.24, 2.45) is 0 Å².